The van der Waals surface area contributed by atoms with Gasteiger partial charge in [-0.3, -0.25) is 9.78 Å². The molecule has 4 aromatic rings. The van der Waals surface area contributed by atoms with Crippen molar-refractivity contribution in [3.8, 4) is 16.9 Å². The molecule has 33 heavy (non-hydrogen) atoms. The number of benzene rings is 3. The molecular formula is C28H23F2NO2. The Morgan fingerprint density at radius 1 is 0.818 bits per heavy atom. The molecule has 0 unspecified atom stereocenters. The van der Waals surface area contributed by atoms with E-state index in [1.165, 1.54) is 24.3 Å². The van der Waals surface area contributed by atoms with Crippen molar-refractivity contribution in [1.29, 1.82) is 0 Å². The van der Waals surface area contributed by atoms with Gasteiger partial charge >= 0.3 is 0 Å². The molecule has 0 saturated heterocycles. The van der Waals surface area contributed by atoms with E-state index in [2.05, 4.69) is 4.98 Å². The minimum atomic E-state index is -0.390. The standard InChI is InChI=1S/C28H23F2NO2/c29-24-10-8-23(9-11-24)27-17-25(30)12-14-28(27)33-19-22-5-3-20(4-6-22)16-26(32)13-7-21-2-1-15-31-18-21/h1-6,8-12,14-15,17-18H,7,13,16,19H2. The molecule has 0 aliphatic rings. The number of hydrogen-bond donors (Lipinski definition) is 0. The van der Waals surface area contributed by atoms with Crippen molar-refractivity contribution in [2.75, 3.05) is 0 Å². The van der Waals surface area contributed by atoms with Crippen LogP contribution in [0.4, 0.5) is 8.78 Å². The molecule has 0 bridgehead atoms. The van der Waals surface area contributed by atoms with Crippen molar-refractivity contribution in [1.82, 2.24) is 4.98 Å². The van der Waals surface area contributed by atoms with Crippen LogP contribution >= 0.6 is 0 Å². The number of aromatic nitrogens is 1. The van der Waals surface area contributed by atoms with Crippen molar-refractivity contribution in [2.24, 2.45) is 0 Å². The molecule has 166 valence electrons. The Balaban J connectivity index is 1.35. The maximum absolute atomic E-state index is 13.8. The summed E-state index contributed by atoms with van der Waals surface area (Å²) >= 11 is 0. The second-order valence-electron chi connectivity index (χ2n) is 7.83. The van der Waals surface area contributed by atoms with Gasteiger partial charge in [0.05, 0.1) is 0 Å². The molecule has 0 aliphatic carbocycles. The van der Waals surface area contributed by atoms with E-state index in [1.54, 1.807) is 30.6 Å². The second-order valence-corrected chi connectivity index (χ2v) is 7.83. The van der Waals surface area contributed by atoms with Crippen molar-refractivity contribution < 1.29 is 18.3 Å². The third kappa shape index (κ3) is 6.32. The topological polar surface area (TPSA) is 39.2 Å². The lowest BCUT2D eigenvalue weighted by Gasteiger charge is -2.12. The first-order chi connectivity index (χ1) is 16.1. The van der Waals surface area contributed by atoms with Crippen LogP contribution in [0.15, 0.2) is 91.3 Å². The van der Waals surface area contributed by atoms with Gasteiger partial charge in [0.1, 0.15) is 29.8 Å². The molecule has 1 aromatic heterocycles. The van der Waals surface area contributed by atoms with E-state index in [9.17, 15) is 13.6 Å². The zero-order valence-electron chi connectivity index (χ0n) is 18.0. The molecule has 1 heterocycles. The molecule has 5 heteroatoms. The van der Waals surface area contributed by atoms with Gasteiger partial charge < -0.3 is 4.74 Å². The number of rotatable bonds is 9. The average Bonchev–Trinajstić information content (AvgIpc) is 2.84. The van der Waals surface area contributed by atoms with E-state index in [0.29, 0.717) is 36.1 Å². The summed E-state index contributed by atoms with van der Waals surface area (Å²) in [5.74, 6) is -0.0525. The Bertz CT molecular complexity index is 1210. The Hall–Kier alpha value is -3.86. The fraction of sp³-hybridized carbons (Fsp3) is 0.143. The van der Waals surface area contributed by atoms with Crippen LogP contribution in [0.3, 0.4) is 0 Å². The summed E-state index contributed by atoms with van der Waals surface area (Å²) in [5, 5.41) is 0. The Morgan fingerprint density at radius 3 is 2.27 bits per heavy atom. The number of hydrogen-bond acceptors (Lipinski definition) is 3. The quantitative estimate of drug-likeness (QED) is 0.303. The number of ether oxygens (including phenoxy) is 1. The van der Waals surface area contributed by atoms with E-state index in [1.807, 2.05) is 36.4 Å². The smallest absolute Gasteiger partial charge is 0.137 e. The van der Waals surface area contributed by atoms with Gasteiger partial charge in [0.2, 0.25) is 0 Å². The van der Waals surface area contributed by atoms with Crippen LogP contribution in [-0.4, -0.2) is 10.8 Å². The predicted octanol–water partition coefficient (Wildman–Crippen LogP) is 6.35. The summed E-state index contributed by atoms with van der Waals surface area (Å²) in [5.41, 5.74) is 4.16. The van der Waals surface area contributed by atoms with Crippen molar-refractivity contribution in [2.45, 2.75) is 25.9 Å². The first-order valence-electron chi connectivity index (χ1n) is 10.7. The fourth-order valence-corrected chi connectivity index (χ4v) is 3.54. The van der Waals surface area contributed by atoms with E-state index < -0.39 is 0 Å². The van der Waals surface area contributed by atoms with Gasteiger partial charge in [-0.05, 0) is 65.1 Å². The molecule has 0 atom stereocenters. The molecule has 0 radical (unpaired) electrons. The summed E-state index contributed by atoms with van der Waals surface area (Å²) in [7, 11) is 0. The zero-order valence-corrected chi connectivity index (χ0v) is 18.0. The van der Waals surface area contributed by atoms with Crippen LogP contribution in [0.1, 0.15) is 23.1 Å². The van der Waals surface area contributed by atoms with E-state index in [-0.39, 0.29) is 24.0 Å². The van der Waals surface area contributed by atoms with Crippen molar-refractivity contribution >= 4 is 5.78 Å². The largest absolute Gasteiger partial charge is 0.488 e. The lowest BCUT2D eigenvalue weighted by molar-refractivity contribution is -0.118. The fourth-order valence-electron chi connectivity index (χ4n) is 3.54. The van der Waals surface area contributed by atoms with E-state index >= 15 is 0 Å². The summed E-state index contributed by atoms with van der Waals surface area (Å²) in [6.45, 7) is 0.287. The number of pyridine rings is 1. The number of halogens is 2. The van der Waals surface area contributed by atoms with Gasteiger partial charge in [-0.1, -0.05) is 42.5 Å². The first kappa shape index (κ1) is 22.3. The first-order valence-corrected chi connectivity index (χ1v) is 10.7. The van der Waals surface area contributed by atoms with Gasteiger partial charge in [0.25, 0.3) is 0 Å². The van der Waals surface area contributed by atoms with Gasteiger partial charge in [0.15, 0.2) is 0 Å². The highest BCUT2D eigenvalue weighted by Gasteiger charge is 2.10. The Labute approximate surface area is 191 Å². The SMILES string of the molecule is O=C(CCc1cccnc1)Cc1ccc(COc2ccc(F)cc2-c2ccc(F)cc2)cc1. The van der Waals surface area contributed by atoms with Crippen LogP contribution < -0.4 is 4.74 Å². The third-order valence-corrected chi connectivity index (χ3v) is 5.33. The highest BCUT2D eigenvalue weighted by atomic mass is 19.1. The molecule has 3 nitrogen and oxygen atoms in total. The monoisotopic (exact) mass is 443 g/mol. The summed E-state index contributed by atoms with van der Waals surface area (Å²) in [6, 6.07) is 21.7. The normalized spacial score (nSPS) is 10.7. The number of ketones is 1. The van der Waals surface area contributed by atoms with Gasteiger partial charge in [0, 0.05) is 30.8 Å². The van der Waals surface area contributed by atoms with Gasteiger partial charge in [-0.25, -0.2) is 8.78 Å². The maximum Gasteiger partial charge on any atom is 0.137 e. The third-order valence-electron chi connectivity index (χ3n) is 5.33. The second kappa shape index (κ2) is 10.6. The minimum absolute atomic E-state index is 0.179. The molecule has 0 saturated carbocycles. The predicted molar refractivity (Wildman–Crippen MR) is 124 cm³/mol. The lowest BCUT2D eigenvalue weighted by Crippen LogP contribution is -2.05. The number of nitrogens with zero attached hydrogens (tertiary/aromatic N) is 1. The van der Waals surface area contributed by atoms with Crippen molar-refractivity contribution in [3.05, 3.63) is 120 Å². The van der Waals surface area contributed by atoms with Crippen LogP contribution in [-0.2, 0) is 24.2 Å². The Morgan fingerprint density at radius 2 is 1.55 bits per heavy atom. The molecule has 0 N–H and O–H groups in total. The molecule has 0 amide bonds. The van der Waals surface area contributed by atoms with Crippen LogP contribution in [0, 0.1) is 11.6 Å². The molecular weight excluding hydrogens is 420 g/mol. The molecule has 4 rings (SSSR count). The number of carbonyl (C=O) groups excluding carboxylic acids is 1. The van der Waals surface area contributed by atoms with Gasteiger partial charge in [-0.15, -0.1) is 0 Å². The molecule has 3 aromatic carbocycles. The molecule has 0 aliphatic heterocycles. The number of Topliss-reactive ketones (excluding diaryl/α,β-unsaturated/α-hetero) is 1. The lowest BCUT2D eigenvalue weighted by atomic mass is 10.0. The number of carbonyl (C=O) groups is 1. The van der Waals surface area contributed by atoms with Gasteiger partial charge in [-0.2, -0.15) is 0 Å². The summed E-state index contributed by atoms with van der Waals surface area (Å²) < 4.78 is 33.0. The molecule has 0 fully saturated rings. The molecule has 0 spiro atoms. The average molecular weight is 443 g/mol. The maximum atomic E-state index is 13.8. The van der Waals surface area contributed by atoms with Crippen LogP contribution in [0.5, 0.6) is 5.75 Å². The summed E-state index contributed by atoms with van der Waals surface area (Å²) in [6.07, 6.45) is 5.05. The van der Waals surface area contributed by atoms with E-state index in [0.717, 1.165) is 16.7 Å². The van der Waals surface area contributed by atoms with Crippen molar-refractivity contribution in [3.63, 3.8) is 0 Å². The van der Waals surface area contributed by atoms with Crippen LogP contribution in [0.25, 0.3) is 11.1 Å². The van der Waals surface area contributed by atoms with Crippen LogP contribution in [0.2, 0.25) is 0 Å². The summed E-state index contributed by atoms with van der Waals surface area (Å²) in [4.78, 5) is 16.4. The Kier molecular flexibility index (Phi) is 7.20. The number of aryl methyl sites for hydroxylation is 1. The minimum Gasteiger partial charge on any atom is -0.488 e. The van der Waals surface area contributed by atoms with E-state index in [4.69, 9.17) is 4.74 Å². The highest BCUT2D eigenvalue weighted by molar-refractivity contribution is 5.81. The zero-order chi connectivity index (χ0) is 23.0. The highest BCUT2D eigenvalue weighted by Crippen LogP contribution is 2.31.